The van der Waals surface area contributed by atoms with Crippen LogP contribution in [0, 0.1) is 0 Å². The van der Waals surface area contributed by atoms with Crippen LogP contribution in [0.2, 0.25) is 0 Å². The van der Waals surface area contributed by atoms with Crippen molar-refractivity contribution in [2.24, 2.45) is 0 Å². The number of urea groups is 1. The molecule has 5 nitrogen and oxygen atoms in total. The molecule has 156 valence electrons. The number of carbonyl (C=O) groups excluding carboxylic acids is 1. The second kappa shape index (κ2) is 8.29. The van der Waals surface area contributed by atoms with Gasteiger partial charge in [-0.1, -0.05) is 18.2 Å². The molecule has 0 spiro atoms. The summed E-state index contributed by atoms with van der Waals surface area (Å²) in [5.74, 6) is 0. The molecule has 0 aliphatic carbocycles. The summed E-state index contributed by atoms with van der Waals surface area (Å²) in [6.45, 7) is 6.01. The quantitative estimate of drug-likeness (QED) is 0.844. The SMILES string of the molecule is C[C@@H]1CN(C(=O)NCC2(c3cccc(C(F)(F)F)c3)CCOCC2)C[C@@H](C)O1. The van der Waals surface area contributed by atoms with Gasteiger partial charge in [-0.05, 0) is 38.3 Å². The lowest BCUT2D eigenvalue weighted by Crippen LogP contribution is -2.54. The molecule has 1 aromatic carbocycles. The van der Waals surface area contributed by atoms with Crippen LogP contribution in [0.3, 0.4) is 0 Å². The van der Waals surface area contributed by atoms with E-state index in [4.69, 9.17) is 9.47 Å². The molecule has 2 atom stereocenters. The lowest BCUT2D eigenvalue weighted by atomic mass is 9.73. The van der Waals surface area contributed by atoms with Gasteiger partial charge >= 0.3 is 12.2 Å². The molecule has 0 saturated carbocycles. The molecule has 2 aliphatic heterocycles. The minimum Gasteiger partial charge on any atom is -0.381 e. The molecule has 0 bridgehead atoms. The molecular formula is C20H27F3N2O3. The standard InChI is InChI=1S/C20H27F3N2O3/c1-14-11-25(12-15(2)28-14)18(26)24-13-19(6-8-27-9-7-19)16-4-3-5-17(10-16)20(21,22)23/h3-5,10,14-15H,6-9,11-13H2,1-2H3,(H,24,26)/t14-,15-/m1/s1. The summed E-state index contributed by atoms with van der Waals surface area (Å²) >= 11 is 0. The van der Waals surface area contributed by atoms with Gasteiger partial charge in [-0.15, -0.1) is 0 Å². The van der Waals surface area contributed by atoms with Crippen molar-refractivity contribution in [3.8, 4) is 0 Å². The van der Waals surface area contributed by atoms with E-state index in [2.05, 4.69) is 5.32 Å². The Kier molecular flexibility index (Phi) is 6.19. The van der Waals surface area contributed by atoms with E-state index in [1.165, 1.54) is 12.1 Å². The number of amides is 2. The molecule has 2 heterocycles. The fourth-order valence-electron chi connectivity index (χ4n) is 4.06. The maximum atomic E-state index is 13.2. The molecule has 8 heteroatoms. The average Bonchev–Trinajstić information content (AvgIpc) is 2.65. The van der Waals surface area contributed by atoms with Gasteiger partial charge in [0.05, 0.1) is 17.8 Å². The van der Waals surface area contributed by atoms with E-state index < -0.39 is 17.2 Å². The first kappa shape index (κ1) is 20.9. The minimum atomic E-state index is -4.40. The Morgan fingerprint density at radius 1 is 1.21 bits per heavy atom. The average molecular weight is 400 g/mol. The first-order valence-corrected chi connectivity index (χ1v) is 9.63. The van der Waals surface area contributed by atoms with E-state index in [-0.39, 0.29) is 24.8 Å². The van der Waals surface area contributed by atoms with E-state index >= 15 is 0 Å². The summed E-state index contributed by atoms with van der Waals surface area (Å²) in [4.78, 5) is 14.4. The number of hydrogen-bond acceptors (Lipinski definition) is 3. The summed E-state index contributed by atoms with van der Waals surface area (Å²) in [5, 5.41) is 2.96. The van der Waals surface area contributed by atoms with Crippen LogP contribution >= 0.6 is 0 Å². The Bertz CT molecular complexity index is 680. The molecule has 2 amide bonds. The summed E-state index contributed by atoms with van der Waals surface area (Å²) in [6.07, 6.45) is -3.37. The summed E-state index contributed by atoms with van der Waals surface area (Å²) in [7, 11) is 0. The van der Waals surface area contributed by atoms with E-state index in [0.29, 0.717) is 44.7 Å². The zero-order chi connectivity index (χ0) is 20.4. The highest BCUT2D eigenvalue weighted by Gasteiger charge is 2.38. The molecule has 0 unspecified atom stereocenters. The monoisotopic (exact) mass is 400 g/mol. The van der Waals surface area contributed by atoms with E-state index in [9.17, 15) is 18.0 Å². The minimum absolute atomic E-state index is 0.0463. The summed E-state index contributed by atoms with van der Waals surface area (Å²) < 4.78 is 50.6. The molecule has 0 radical (unpaired) electrons. The van der Waals surface area contributed by atoms with Gasteiger partial charge in [-0.25, -0.2) is 4.79 Å². The fraction of sp³-hybridized carbons (Fsp3) is 0.650. The van der Waals surface area contributed by atoms with Crippen LogP contribution in [0.5, 0.6) is 0 Å². The predicted octanol–water partition coefficient (Wildman–Crippen LogP) is 3.57. The van der Waals surface area contributed by atoms with Gasteiger partial charge < -0.3 is 19.7 Å². The van der Waals surface area contributed by atoms with Crippen LogP contribution in [-0.4, -0.2) is 56.0 Å². The van der Waals surface area contributed by atoms with Crippen molar-refractivity contribution in [1.29, 1.82) is 0 Å². The molecule has 2 fully saturated rings. The number of alkyl halides is 3. The molecule has 28 heavy (non-hydrogen) atoms. The van der Waals surface area contributed by atoms with Gasteiger partial charge in [-0.2, -0.15) is 13.2 Å². The fourth-order valence-corrected chi connectivity index (χ4v) is 4.06. The van der Waals surface area contributed by atoms with Crippen molar-refractivity contribution in [2.75, 3.05) is 32.8 Å². The number of nitrogens with zero attached hydrogens (tertiary/aromatic N) is 1. The highest BCUT2D eigenvalue weighted by Crippen LogP contribution is 2.37. The molecule has 1 N–H and O–H groups in total. The van der Waals surface area contributed by atoms with Gasteiger partial charge in [0.1, 0.15) is 0 Å². The van der Waals surface area contributed by atoms with Crippen LogP contribution in [0.15, 0.2) is 24.3 Å². The van der Waals surface area contributed by atoms with Crippen molar-refractivity contribution in [3.05, 3.63) is 35.4 Å². The molecule has 2 saturated heterocycles. The summed E-state index contributed by atoms with van der Waals surface area (Å²) in [6, 6.07) is 5.22. The number of nitrogens with one attached hydrogen (secondary N) is 1. The first-order valence-electron chi connectivity index (χ1n) is 9.63. The Morgan fingerprint density at radius 2 is 1.86 bits per heavy atom. The molecule has 2 aliphatic rings. The topological polar surface area (TPSA) is 50.8 Å². The first-order chi connectivity index (χ1) is 13.2. The Labute approximate surface area is 163 Å². The Balaban J connectivity index is 1.76. The highest BCUT2D eigenvalue weighted by molar-refractivity contribution is 5.74. The van der Waals surface area contributed by atoms with Gasteiger partial charge in [0.25, 0.3) is 0 Å². The van der Waals surface area contributed by atoms with Crippen molar-refractivity contribution in [2.45, 2.75) is 50.5 Å². The number of halogens is 3. The molecule has 1 aromatic rings. The van der Waals surface area contributed by atoms with Gasteiger partial charge in [0.15, 0.2) is 0 Å². The van der Waals surface area contributed by atoms with Gasteiger partial charge in [0.2, 0.25) is 0 Å². The Morgan fingerprint density at radius 3 is 2.46 bits per heavy atom. The maximum absolute atomic E-state index is 13.2. The third-order valence-electron chi connectivity index (χ3n) is 5.54. The Hall–Kier alpha value is -1.80. The van der Waals surface area contributed by atoms with Crippen molar-refractivity contribution < 1.29 is 27.4 Å². The normalized spacial score (nSPS) is 25.4. The van der Waals surface area contributed by atoms with E-state index in [1.807, 2.05) is 13.8 Å². The second-order valence-electron chi connectivity index (χ2n) is 7.79. The van der Waals surface area contributed by atoms with Crippen LogP contribution in [0.4, 0.5) is 18.0 Å². The molecule has 0 aromatic heterocycles. The van der Waals surface area contributed by atoms with E-state index in [1.54, 1.807) is 11.0 Å². The van der Waals surface area contributed by atoms with Crippen LogP contribution in [0.25, 0.3) is 0 Å². The number of ether oxygens (including phenoxy) is 2. The predicted molar refractivity (Wildman–Crippen MR) is 98.2 cm³/mol. The highest BCUT2D eigenvalue weighted by atomic mass is 19.4. The van der Waals surface area contributed by atoms with Crippen LogP contribution in [0.1, 0.15) is 37.8 Å². The zero-order valence-electron chi connectivity index (χ0n) is 16.2. The van der Waals surface area contributed by atoms with E-state index in [0.717, 1.165) is 6.07 Å². The molecular weight excluding hydrogens is 373 g/mol. The van der Waals surface area contributed by atoms with Crippen molar-refractivity contribution in [3.63, 3.8) is 0 Å². The lowest BCUT2D eigenvalue weighted by molar-refractivity contribution is -0.137. The second-order valence-corrected chi connectivity index (χ2v) is 7.79. The summed E-state index contributed by atoms with van der Waals surface area (Å²) in [5.41, 5.74) is -0.647. The van der Waals surface area contributed by atoms with Crippen LogP contribution < -0.4 is 5.32 Å². The van der Waals surface area contributed by atoms with Crippen LogP contribution in [-0.2, 0) is 21.1 Å². The third-order valence-corrected chi connectivity index (χ3v) is 5.54. The number of benzene rings is 1. The number of carbonyl (C=O) groups is 1. The van der Waals surface area contributed by atoms with Crippen molar-refractivity contribution >= 4 is 6.03 Å². The number of morpholine rings is 1. The van der Waals surface area contributed by atoms with Gasteiger partial charge in [-0.3, -0.25) is 0 Å². The third kappa shape index (κ3) is 4.78. The smallest absolute Gasteiger partial charge is 0.381 e. The number of hydrogen-bond donors (Lipinski definition) is 1. The largest absolute Gasteiger partial charge is 0.416 e. The molecule has 3 rings (SSSR count). The maximum Gasteiger partial charge on any atom is 0.416 e. The lowest BCUT2D eigenvalue weighted by Gasteiger charge is -2.40. The zero-order valence-corrected chi connectivity index (χ0v) is 16.2. The van der Waals surface area contributed by atoms with Gasteiger partial charge in [0, 0.05) is 38.3 Å². The number of rotatable bonds is 3. The van der Waals surface area contributed by atoms with Crippen molar-refractivity contribution in [1.82, 2.24) is 10.2 Å².